The maximum Gasteiger partial charge on any atom is 0.331 e. The van der Waals surface area contributed by atoms with Crippen LogP contribution >= 0.6 is 0 Å². The van der Waals surface area contributed by atoms with Gasteiger partial charge < -0.3 is 10.1 Å². The van der Waals surface area contributed by atoms with Crippen LogP contribution in [0.5, 0.6) is 0 Å². The van der Waals surface area contributed by atoms with E-state index in [9.17, 15) is 18.8 Å². The number of hydrogen-bond acceptors (Lipinski definition) is 4. The van der Waals surface area contributed by atoms with Crippen LogP contribution in [0.4, 0.5) is 10.1 Å². The third-order valence-electron chi connectivity index (χ3n) is 3.46. The normalized spacial score (nSPS) is 11.8. The number of nitrogens with one attached hydrogen (secondary N) is 1. The van der Waals surface area contributed by atoms with E-state index in [0.717, 1.165) is 6.08 Å². The molecule has 0 radical (unpaired) electrons. The van der Waals surface area contributed by atoms with E-state index in [1.807, 2.05) is 0 Å². The van der Waals surface area contributed by atoms with Gasteiger partial charge in [0.25, 0.3) is 5.91 Å². The van der Waals surface area contributed by atoms with Crippen LogP contribution in [0, 0.1) is 5.82 Å². The second-order valence-electron chi connectivity index (χ2n) is 5.59. The summed E-state index contributed by atoms with van der Waals surface area (Å²) in [6, 6.07) is 12.2. The van der Waals surface area contributed by atoms with E-state index >= 15 is 0 Å². The first-order chi connectivity index (χ1) is 12.3. The van der Waals surface area contributed by atoms with E-state index in [0.29, 0.717) is 16.8 Å². The molecule has 0 aromatic heterocycles. The van der Waals surface area contributed by atoms with Crippen LogP contribution < -0.4 is 5.32 Å². The van der Waals surface area contributed by atoms with Gasteiger partial charge in [-0.3, -0.25) is 9.59 Å². The summed E-state index contributed by atoms with van der Waals surface area (Å²) in [5.41, 5.74) is 1.39. The standard InChI is InChI=1S/C20H18FNO4/c1-13(23)16-6-4-8-18(12-16)22-20(25)14(2)26-19(24)10-9-15-5-3-7-17(21)11-15/h3-12,14H,1-2H3,(H,22,25). The molecule has 2 rings (SSSR count). The molecule has 0 bridgehead atoms. The Morgan fingerprint density at radius 3 is 2.54 bits per heavy atom. The van der Waals surface area contributed by atoms with Gasteiger partial charge in [-0.15, -0.1) is 0 Å². The fourth-order valence-electron chi connectivity index (χ4n) is 2.10. The van der Waals surface area contributed by atoms with Gasteiger partial charge in [0.15, 0.2) is 11.9 Å². The molecule has 0 spiro atoms. The maximum absolute atomic E-state index is 13.1. The molecule has 0 aliphatic heterocycles. The lowest BCUT2D eigenvalue weighted by Gasteiger charge is -2.12. The molecule has 1 atom stereocenters. The SMILES string of the molecule is CC(=O)c1cccc(NC(=O)C(C)OC(=O)C=Cc2cccc(F)c2)c1. The Morgan fingerprint density at radius 2 is 1.85 bits per heavy atom. The van der Waals surface area contributed by atoms with Crippen molar-refractivity contribution in [2.45, 2.75) is 20.0 Å². The number of anilines is 1. The lowest BCUT2D eigenvalue weighted by atomic mass is 10.1. The predicted molar refractivity (Wildman–Crippen MR) is 96.1 cm³/mol. The van der Waals surface area contributed by atoms with E-state index in [-0.39, 0.29) is 5.78 Å². The van der Waals surface area contributed by atoms with Crippen molar-refractivity contribution in [1.29, 1.82) is 0 Å². The number of amides is 1. The van der Waals surface area contributed by atoms with Gasteiger partial charge in [-0.2, -0.15) is 0 Å². The van der Waals surface area contributed by atoms with Gasteiger partial charge in [0.05, 0.1) is 0 Å². The minimum Gasteiger partial charge on any atom is -0.449 e. The van der Waals surface area contributed by atoms with Gasteiger partial charge in [0.2, 0.25) is 0 Å². The molecule has 0 heterocycles. The molecule has 0 saturated heterocycles. The topological polar surface area (TPSA) is 72.5 Å². The summed E-state index contributed by atoms with van der Waals surface area (Å²) in [5.74, 6) is -1.79. The maximum atomic E-state index is 13.1. The molecule has 1 N–H and O–H groups in total. The van der Waals surface area contributed by atoms with Crippen molar-refractivity contribution in [1.82, 2.24) is 0 Å². The second-order valence-corrected chi connectivity index (χ2v) is 5.59. The number of rotatable bonds is 6. The van der Waals surface area contributed by atoms with E-state index in [1.54, 1.807) is 30.3 Å². The molecule has 0 fully saturated rings. The Kier molecular flexibility index (Phi) is 6.38. The van der Waals surface area contributed by atoms with Crippen LogP contribution in [-0.4, -0.2) is 23.8 Å². The monoisotopic (exact) mass is 355 g/mol. The number of halogens is 1. The van der Waals surface area contributed by atoms with Gasteiger partial charge in [-0.25, -0.2) is 9.18 Å². The number of ketones is 1. The second kappa shape index (κ2) is 8.71. The number of carbonyl (C=O) groups excluding carboxylic acids is 3. The fourth-order valence-corrected chi connectivity index (χ4v) is 2.10. The van der Waals surface area contributed by atoms with Crippen LogP contribution in [0.2, 0.25) is 0 Å². The first-order valence-electron chi connectivity index (χ1n) is 7.91. The largest absolute Gasteiger partial charge is 0.449 e. The summed E-state index contributed by atoms with van der Waals surface area (Å²) in [5, 5.41) is 2.58. The molecule has 26 heavy (non-hydrogen) atoms. The van der Waals surface area contributed by atoms with Crippen molar-refractivity contribution in [3.63, 3.8) is 0 Å². The predicted octanol–water partition coefficient (Wildman–Crippen LogP) is 3.61. The highest BCUT2D eigenvalue weighted by molar-refractivity contribution is 5.99. The van der Waals surface area contributed by atoms with E-state index in [1.165, 1.54) is 38.1 Å². The van der Waals surface area contributed by atoms with Crippen molar-refractivity contribution in [2.24, 2.45) is 0 Å². The number of hydrogen-bond donors (Lipinski definition) is 1. The van der Waals surface area contributed by atoms with Crippen molar-refractivity contribution in [3.8, 4) is 0 Å². The molecule has 0 aliphatic carbocycles. The molecule has 134 valence electrons. The smallest absolute Gasteiger partial charge is 0.331 e. The van der Waals surface area contributed by atoms with Gasteiger partial charge in [0, 0.05) is 17.3 Å². The van der Waals surface area contributed by atoms with Crippen LogP contribution in [0.15, 0.2) is 54.6 Å². The zero-order chi connectivity index (χ0) is 19.1. The highest BCUT2D eigenvalue weighted by Gasteiger charge is 2.17. The minimum absolute atomic E-state index is 0.122. The Bertz CT molecular complexity index is 860. The van der Waals surface area contributed by atoms with Gasteiger partial charge in [0.1, 0.15) is 5.82 Å². The molecule has 1 unspecified atom stereocenters. The Hall–Kier alpha value is -3.28. The van der Waals surface area contributed by atoms with Crippen LogP contribution in [0.25, 0.3) is 6.08 Å². The Labute approximate surface area is 150 Å². The minimum atomic E-state index is -1.04. The Morgan fingerprint density at radius 1 is 1.12 bits per heavy atom. The van der Waals surface area contributed by atoms with Gasteiger partial charge in [-0.05, 0) is 49.8 Å². The summed E-state index contributed by atoms with van der Waals surface area (Å²) in [7, 11) is 0. The van der Waals surface area contributed by atoms with Crippen molar-refractivity contribution in [2.75, 3.05) is 5.32 Å². The fraction of sp³-hybridized carbons (Fsp3) is 0.150. The number of benzene rings is 2. The average molecular weight is 355 g/mol. The molecule has 0 aliphatic rings. The molecule has 5 nitrogen and oxygen atoms in total. The number of Topliss-reactive ketones (excluding diaryl/α,β-unsaturated/α-hetero) is 1. The lowest BCUT2D eigenvalue weighted by Crippen LogP contribution is -2.29. The highest BCUT2D eigenvalue weighted by atomic mass is 19.1. The van der Waals surface area contributed by atoms with Crippen molar-refractivity contribution >= 4 is 29.4 Å². The van der Waals surface area contributed by atoms with E-state index in [4.69, 9.17) is 4.74 Å². The number of carbonyl (C=O) groups is 3. The van der Waals surface area contributed by atoms with Crippen LogP contribution in [-0.2, 0) is 14.3 Å². The third-order valence-corrected chi connectivity index (χ3v) is 3.46. The molecular weight excluding hydrogens is 337 g/mol. The highest BCUT2D eigenvalue weighted by Crippen LogP contribution is 2.12. The zero-order valence-electron chi connectivity index (χ0n) is 14.4. The summed E-state index contributed by atoms with van der Waals surface area (Å²) >= 11 is 0. The molecule has 2 aromatic carbocycles. The lowest BCUT2D eigenvalue weighted by molar-refractivity contribution is -0.148. The van der Waals surface area contributed by atoms with Gasteiger partial charge >= 0.3 is 5.97 Å². The third kappa shape index (κ3) is 5.66. The van der Waals surface area contributed by atoms with E-state index in [2.05, 4.69) is 5.32 Å². The molecule has 1 amide bonds. The summed E-state index contributed by atoms with van der Waals surface area (Å²) in [6.07, 6.45) is 1.47. The molecular formula is C20H18FNO4. The average Bonchev–Trinajstić information content (AvgIpc) is 2.60. The Balaban J connectivity index is 1.93. The first-order valence-corrected chi connectivity index (χ1v) is 7.91. The van der Waals surface area contributed by atoms with Crippen LogP contribution in [0.3, 0.4) is 0 Å². The zero-order valence-corrected chi connectivity index (χ0v) is 14.4. The first kappa shape index (κ1) is 19.1. The van der Waals surface area contributed by atoms with Crippen molar-refractivity contribution in [3.05, 3.63) is 71.6 Å². The molecule has 6 heteroatoms. The molecule has 0 saturated carbocycles. The number of esters is 1. The van der Waals surface area contributed by atoms with Crippen LogP contribution in [0.1, 0.15) is 29.8 Å². The summed E-state index contributed by atoms with van der Waals surface area (Å²) in [4.78, 5) is 35.2. The molecule has 2 aromatic rings. The van der Waals surface area contributed by atoms with Crippen molar-refractivity contribution < 1.29 is 23.5 Å². The quantitative estimate of drug-likeness (QED) is 0.488. The number of ether oxygens (including phenoxy) is 1. The van der Waals surface area contributed by atoms with Gasteiger partial charge in [-0.1, -0.05) is 24.3 Å². The summed E-state index contributed by atoms with van der Waals surface area (Å²) < 4.78 is 18.1. The summed E-state index contributed by atoms with van der Waals surface area (Å²) in [6.45, 7) is 2.86. The van der Waals surface area contributed by atoms with E-state index < -0.39 is 23.8 Å².